The van der Waals surface area contributed by atoms with Crippen LogP contribution in [-0.2, 0) is 0 Å². The van der Waals surface area contributed by atoms with Crippen molar-refractivity contribution < 1.29 is 0 Å². The molecule has 0 saturated carbocycles. The summed E-state index contributed by atoms with van der Waals surface area (Å²) in [6.45, 7) is 7.10. The molecule has 0 atom stereocenters. The van der Waals surface area contributed by atoms with E-state index in [2.05, 4.69) is 34.6 Å². The molecule has 0 aromatic carbocycles. The monoisotopic (exact) mass is 360 g/mol. The van der Waals surface area contributed by atoms with E-state index >= 15 is 0 Å². The van der Waals surface area contributed by atoms with E-state index in [1.54, 1.807) is 0 Å². The molecule has 0 spiro atoms. The summed E-state index contributed by atoms with van der Waals surface area (Å²) in [4.78, 5) is 4.46. The Morgan fingerprint density at radius 1 is 0.760 bits per heavy atom. The van der Waals surface area contributed by atoms with Gasteiger partial charge in [-0.05, 0) is 55.9 Å². The van der Waals surface area contributed by atoms with Crippen LogP contribution >= 0.6 is 7.87 Å². The summed E-state index contributed by atoms with van der Waals surface area (Å²) < 4.78 is 10.6. The largest absolute Gasteiger partial charge is 0.355 e. The highest BCUT2D eigenvalue weighted by Gasteiger charge is 2.62. The molecular formula is C17H27N7P+. The Morgan fingerprint density at radius 2 is 1.28 bits per heavy atom. The Hall–Kier alpha value is -1.14. The Kier molecular flexibility index (Phi) is 4.20. The van der Waals surface area contributed by atoms with Gasteiger partial charge in [-0.3, -0.25) is 0 Å². The van der Waals surface area contributed by atoms with Crippen molar-refractivity contribution in [2.75, 3.05) is 39.3 Å². The van der Waals surface area contributed by atoms with Gasteiger partial charge in [-0.1, -0.05) is 4.45 Å². The molecule has 0 bridgehead atoms. The Labute approximate surface area is 149 Å². The molecule has 0 amide bonds. The zero-order valence-corrected chi connectivity index (χ0v) is 15.7. The van der Waals surface area contributed by atoms with Crippen molar-refractivity contribution in [2.45, 2.75) is 38.5 Å². The van der Waals surface area contributed by atoms with Crippen molar-refractivity contribution in [3.05, 3.63) is 18.3 Å². The number of hydrogen-bond acceptors (Lipinski definition) is 6. The first-order chi connectivity index (χ1) is 12.4. The summed E-state index contributed by atoms with van der Waals surface area (Å²) in [6, 6.07) is 4.17. The third-order valence-corrected chi connectivity index (χ3v) is 10.1. The second-order valence-electron chi connectivity index (χ2n) is 7.34. The predicted octanol–water partition coefficient (Wildman–Crippen LogP) is 2.64. The summed E-state index contributed by atoms with van der Waals surface area (Å²) in [5.74, 6) is 0. The van der Waals surface area contributed by atoms with Gasteiger partial charge in [0.25, 0.3) is 0 Å². The molecule has 0 unspecified atom stereocenters. The highest BCUT2D eigenvalue weighted by Crippen LogP contribution is 2.70. The van der Waals surface area contributed by atoms with Gasteiger partial charge in [0.15, 0.2) is 5.52 Å². The SMILES string of the molecule is c1cnc2nnn([P+](N3CCCC3)(N3CCCC3)N3CCCC3)c2c1. The normalized spacial score (nSPS) is 24.0. The molecule has 2 aromatic heterocycles. The van der Waals surface area contributed by atoms with Gasteiger partial charge < -0.3 is 0 Å². The van der Waals surface area contributed by atoms with E-state index in [0.717, 1.165) is 11.2 Å². The molecule has 7 nitrogen and oxygen atoms in total. The van der Waals surface area contributed by atoms with Crippen molar-refractivity contribution in [1.82, 2.24) is 33.8 Å². The first-order valence-electron chi connectivity index (χ1n) is 9.73. The van der Waals surface area contributed by atoms with Crippen LogP contribution in [0, 0.1) is 0 Å². The molecular weight excluding hydrogens is 333 g/mol. The summed E-state index contributed by atoms with van der Waals surface area (Å²) in [6.07, 6.45) is 9.62. The molecule has 8 heteroatoms. The van der Waals surface area contributed by atoms with E-state index in [0.29, 0.717) is 0 Å². The average molecular weight is 360 g/mol. The smallest absolute Gasteiger partial charge is 0.234 e. The molecule has 0 N–H and O–H groups in total. The quantitative estimate of drug-likeness (QED) is 0.782. The van der Waals surface area contributed by atoms with Crippen molar-refractivity contribution >= 4 is 19.0 Å². The fourth-order valence-corrected chi connectivity index (χ4v) is 9.60. The van der Waals surface area contributed by atoms with E-state index in [4.69, 9.17) is 5.21 Å². The van der Waals surface area contributed by atoms with Crippen LogP contribution in [0.15, 0.2) is 18.3 Å². The van der Waals surface area contributed by atoms with Gasteiger partial charge in [0, 0.05) is 45.5 Å². The number of pyridine rings is 1. The van der Waals surface area contributed by atoms with E-state index in [1.165, 1.54) is 77.8 Å². The number of aromatic nitrogens is 4. The van der Waals surface area contributed by atoms with Crippen LogP contribution < -0.4 is 0 Å². The predicted molar refractivity (Wildman–Crippen MR) is 100 cm³/mol. The van der Waals surface area contributed by atoms with Crippen molar-refractivity contribution in [1.29, 1.82) is 0 Å². The summed E-state index contributed by atoms with van der Waals surface area (Å²) in [5, 5.41) is 9.18. The maximum absolute atomic E-state index is 4.73. The van der Waals surface area contributed by atoms with Gasteiger partial charge in [-0.2, -0.15) is 0 Å². The van der Waals surface area contributed by atoms with Crippen LogP contribution in [0.4, 0.5) is 0 Å². The van der Waals surface area contributed by atoms with Gasteiger partial charge >= 0.3 is 7.87 Å². The molecule has 3 aliphatic rings. The average Bonchev–Trinajstić information content (AvgIpc) is 3.44. The zero-order chi connectivity index (χ0) is 16.7. The van der Waals surface area contributed by atoms with Crippen LogP contribution in [0.2, 0.25) is 0 Å². The maximum Gasteiger partial charge on any atom is 0.355 e. The molecule has 25 heavy (non-hydrogen) atoms. The van der Waals surface area contributed by atoms with E-state index < -0.39 is 7.87 Å². The first kappa shape index (κ1) is 16.1. The lowest BCUT2D eigenvalue weighted by molar-refractivity contribution is 0.356. The van der Waals surface area contributed by atoms with Gasteiger partial charge in [-0.15, -0.1) is 19.1 Å². The lowest BCUT2D eigenvalue weighted by atomic mass is 10.4. The minimum atomic E-state index is -1.89. The Bertz CT molecular complexity index is 689. The molecule has 5 heterocycles. The first-order valence-corrected chi connectivity index (χ1v) is 11.3. The summed E-state index contributed by atoms with van der Waals surface area (Å²) >= 11 is 0. The van der Waals surface area contributed by atoms with Crippen LogP contribution in [0.25, 0.3) is 11.2 Å². The summed E-state index contributed by atoms with van der Waals surface area (Å²) in [5.41, 5.74) is 1.88. The molecule has 0 aliphatic carbocycles. The lowest BCUT2D eigenvalue weighted by Crippen LogP contribution is -2.46. The van der Waals surface area contributed by atoms with Crippen LogP contribution in [0.3, 0.4) is 0 Å². The summed E-state index contributed by atoms with van der Waals surface area (Å²) in [7, 11) is -1.89. The molecule has 3 saturated heterocycles. The van der Waals surface area contributed by atoms with Crippen LogP contribution in [-0.4, -0.2) is 73.0 Å². The van der Waals surface area contributed by atoms with Crippen molar-refractivity contribution in [3.8, 4) is 0 Å². The van der Waals surface area contributed by atoms with Crippen LogP contribution in [0.5, 0.6) is 0 Å². The van der Waals surface area contributed by atoms with Gasteiger partial charge in [-0.25, -0.2) is 4.98 Å². The number of hydrogen-bond donors (Lipinski definition) is 0. The molecule has 134 valence electrons. The zero-order valence-electron chi connectivity index (χ0n) is 14.8. The van der Waals surface area contributed by atoms with E-state index in [1.807, 2.05) is 12.3 Å². The fraction of sp³-hybridized carbons (Fsp3) is 0.706. The Balaban J connectivity index is 1.73. The van der Waals surface area contributed by atoms with E-state index in [9.17, 15) is 0 Å². The number of nitrogens with zero attached hydrogens (tertiary/aromatic N) is 7. The fourth-order valence-electron chi connectivity index (χ4n) is 4.76. The van der Waals surface area contributed by atoms with E-state index in [-0.39, 0.29) is 0 Å². The van der Waals surface area contributed by atoms with Gasteiger partial charge in [0.1, 0.15) is 0 Å². The topological polar surface area (TPSA) is 53.3 Å². The molecule has 3 fully saturated rings. The van der Waals surface area contributed by atoms with Crippen molar-refractivity contribution in [2.24, 2.45) is 0 Å². The third-order valence-electron chi connectivity index (χ3n) is 5.85. The molecule has 3 aliphatic heterocycles. The number of rotatable bonds is 4. The second-order valence-corrected chi connectivity index (χ2v) is 10.5. The standard InChI is InChI=1S/C17H27N7P/c1-2-11-21(10-1)25(22-12-3-4-13-22,23-14-5-6-15-23)24-16-8-7-9-18-17(16)19-20-24/h7-9H,1-6,10-15H2/q+1. The molecule has 0 radical (unpaired) electrons. The third kappa shape index (κ3) is 2.44. The van der Waals surface area contributed by atoms with Crippen LogP contribution in [0.1, 0.15) is 38.5 Å². The minimum Gasteiger partial charge on any atom is -0.234 e. The Morgan fingerprint density at radius 3 is 1.80 bits per heavy atom. The molecule has 2 aromatic rings. The van der Waals surface area contributed by atoms with Crippen molar-refractivity contribution in [3.63, 3.8) is 0 Å². The lowest BCUT2D eigenvalue weighted by Gasteiger charge is -2.42. The minimum absolute atomic E-state index is 0.782. The highest BCUT2D eigenvalue weighted by atomic mass is 31.2. The highest BCUT2D eigenvalue weighted by molar-refractivity contribution is 7.67. The number of fused-ring (bicyclic) bond motifs is 1. The second kappa shape index (κ2) is 6.54. The van der Waals surface area contributed by atoms with Gasteiger partial charge in [0.05, 0.1) is 0 Å². The molecule has 5 rings (SSSR count). The van der Waals surface area contributed by atoms with Gasteiger partial charge in [0.2, 0.25) is 5.65 Å². The maximum atomic E-state index is 4.73.